The number of rotatable bonds is 2. The Bertz CT molecular complexity index is 321. The molecule has 0 fully saturated rings. The normalized spacial score (nSPS) is 26.1. The molecule has 3 nitrogen and oxygen atoms in total. The third kappa shape index (κ3) is 1.64. The monoisotopic (exact) mass is 211 g/mol. The molecule has 0 saturated heterocycles. The molecule has 0 aliphatic heterocycles. The second-order valence-corrected chi connectivity index (χ2v) is 5.16. The number of nitrogens with one attached hydrogen (secondary N) is 1. The van der Waals surface area contributed by atoms with E-state index in [4.69, 9.17) is 5.73 Å². The zero-order chi connectivity index (χ0) is 10.1. The van der Waals surface area contributed by atoms with Crippen LogP contribution in [0.5, 0.6) is 0 Å². The van der Waals surface area contributed by atoms with E-state index in [2.05, 4.69) is 17.2 Å². The van der Waals surface area contributed by atoms with Crippen molar-refractivity contribution < 1.29 is 0 Å². The quantitative estimate of drug-likeness (QED) is 0.781. The second kappa shape index (κ2) is 3.87. The van der Waals surface area contributed by atoms with Crippen molar-refractivity contribution in [2.24, 2.45) is 5.92 Å². The standard InChI is InChI=1S/C10H17N3S/c1-6-3-4-8-9(7(6)5-12-2)13-10(11)14-8/h6-7,12H,3-5H2,1-2H3,(H2,11,13). The molecule has 14 heavy (non-hydrogen) atoms. The molecule has 0 spiro atoms. The Kier molecular flexibility index (Phi) is 2.74. The molecule has 1 aliphatic carbocycles. The lowest BCUT2D eigenvalue weighted by Gasteiger charge is -2.27. The first-order valence-electron chi connectivity index (χ1n) is 5.12. The molecule has 1 aromatic heterocycles. The number of hydrogen-bond acceptors (Lipinski definition) is 4. The molecular formula is C10H17N3S. The second-order valence-electron chi connectivity index (χ2n) is 4.04. The van der Waals surface area contributed by atoms with E-state index in [0.29, 0.717) is 5.92 Å². The van der Waals surface area contributed by atoms with Gasteiger partial charge in [0.1, 0.15) is 0 Å². The van der Waals surface area contributed by atoms with Crippen LogP contribution in [-0.2, 0) is 6.42 Å². The number of anilines is 1. The summed E-state index contributed by atoms with van der Waals surface area (Å²) in [5.41, 5.74) is 7.00. The summed E-state index contributed by atoms with van der Waals surface area (Å²) < 4.78 is 0. The van der Waals surface area contributed by atoms with Crippen molar-refractivity contribution in [2.75, 3.05) is 19.3 Å². The number of hydrogen-bond donors (Lipinski definition) is 2. The maximum absolute atomic E-state index is 5.75. The van der Waals surface area contributed by atoms with Crippen LogP contribution in [0.2, 0.25) is 0 Å². The number of nitrogens with two attached hydrogens (primary N) is 1. The summed E-state index contributed by atoms with van der Waals surface area (Å²) in [4.78, 5) is 5.86. The topological polar surface area (TPSA) is 50.9 Å². The van der Waals surface area contributed by atoms with Crippen molar-refractivity contribution in [3.8, 4) is 0 Å². The van der Waals surface area contributed by atoms with Gasteiger partial charge in [0.25, 0.3) is 0 Å². The van der Waals surface area contributed by atoms with Gasteiger partial charge in [0.15, 0.2) is 5.13 Å². The maximum atomic E-state index is 5.75. The lowest BCUT2D eigenvalue weighted by molar-refractivity contribution is 0.389. The number of aromatic nitrogens is 1. The van der Waals surface area contributed by atoms with E-state index < -0.39 is 0 Å². The molecule has 0 amide bonds. The summed E-state index contributed by atoms with van der Waals surface area (Å²) in [6.07, 6.45) is 2.42. The van der Waals surface area contributed by atoms with Crippen molar-refractivity contribution in [3.05, 3.63) is 10.6 Å². The molecule has 0 bridgehead atoms. The van der Waals surface area contributed by atoms with Crippen LogP contribution in [0, 0.1) is 5.92 Å². The minimum absolute atomic E-state index is 0.553. The summed E-state index contributed by atoms with van der Waals surface area (Å²) in [5.74, 6) is 1.27. The van der Waals surface area contributed by atoms with E-state index >= 15 is 0 Å². The summed E-state index contributed by atoms with van der Waals surface area (Å²) in [6, 6.07) is 0. The van der Waals surface area contributed by atoms with Gasteiger partial charge in [0.2, 0.25) is 0 Å². The number of nitrogens with zero attached hydrogens (tertiary/aromatic N) is 1. The van der Waals surface area contributed by atoms with Crippen LogP contribution in [-0.4, -0.2) is 18.6 Å². The third-order valence-corrected chi connectivity index (χ3v) is 3.99. The molecule has 0 aromatic carbocycles. The van der Waals surface area contributed by atoms with Gasteiger partial charge < -0.3 is 11.1 Å². The van der Waals surface area contributed by atoms with E-state index in [1.165, 1.54) is 17.0 Å². The van der Waals surface area contributed by atoms with Crippen LogP contribution in [0.25, 0.3) is 0 Å². The summed E-state index contributed by atoms with van der Waals surface area (Å²) in [7, 11) is 2.00. The lowest BCUT2D eigenvalue weighted by atomic mass is 9.82. The SMILES string of the molecule is CNCC1c2nc(N)sc2CCC1C. The van der Waals surface area contributed by atoms with Gasteiger partial charge in [-0.25, -0.2) is 4.98 Å². The maximum Gasteiger partial charge on any atom is 0.180 e. The van der Waals surface area contributed by atoms with Crippen LogP contribution in [0.1, 0.15) is 29.8 Å². The van der Waals surface area contributed by atoms with Gasteiger partial charge in [-0.3, -0.25) is 0 Å². The molecule has 2 unspecified atom stereocenters. The van der Waals surface area contributed by atoms with Gasteiger partial charge in [-0.1, -0.05) is 6.92 Å². The van der Waals surface area contributed by atoms with Crippen molar-refractivity contribution >= 4 is 16.5 Å². The van der Waals surface area contributed by atoms with E-state index in [9.17, 15) is 0 Å². The first-order chi connectivity index (χ1) is 6.72. The van der Waals surface area contributed by atoms with Crippen molar-refractivity contribution in [2.45, 2.75) is 25.7 Å². The highest BCUT2D eigenvalue weighted by molar-refractivity contribution is 7.15. The zero-order valence-electron chi connectivity index (χ0n) is 8.71. The van der Waals surface area contributed by atoms with E-state index in [0.717, 1.165) is 24.0 Å². The molecule has 1 aliphatic rings. The van der Waals surface area contributed by atoms with Crippen LogP contribution >= 0.6 is 11.3 Å². The van der Waals surface area contributed by atoms with E-state index in [1.54, 1.807) is 11.3 Å². The zero-order valence-corrected chi connectivity index (χ0v) is 9.53. The number of likely N-dealkylation sites (N-methyl/N-ethyl adjacent to an activating group) is 1. The Labute approximate surface area is 88.7 Å². The Balaban J connectivity index is 2.30. The molecule has 1 heterocycles. The summed E-state index contributed by atoms with van der Waals surface area (Å²) in [6.45, 7) is 3.32. The van der Waals surface area contributed by atoms with Crippen molar-refractivity contribution in [1.82, 2.24) is 10.3 Å². The van der Waals surface area contributed by atoms with Gasteiger partial charge in [0.05, 0.1) is 5.69 Å². The van der Waals surface area contributed by atoms with Crippen molar-refractivity contribution in [3.63, 3.8) is 0 Å². The molecule has 0 radical (unpaired) electrons. The van der Waals surface area contributed by atoms with Crippen LogP contribution in [0.15, 0.2) is 0 Å². The molecule has 4 heteroatoms. The molecule has 2 rings (SSSR count). The summed E-state index contributed by atoms with van der Waals surface area (Å²) in [5, 5.41) is 3.97. The Morgan fingerprint density at radius 1 is 1.64 bits per heavy atom. The minimum atomic E-state index is 0.553. The average Bonchev–Trinajstić information content (AvgIpc) is 2.51. The van der Waals surface area contributed by atoms with Crippen molar-refractivity contribution in [1.29, 1.82) is 0 Å². The lowest BCUT2D eigenvalue weighted by Crippen LogP contribution is -2.27. The van der Waals surface area contributed by atoms with Crippen LogP contribution < -0.4 is 11.1 Å². The van der Waals surface area contributed by atoms with Crippen LogP contribution in [0.4, 0.5) is 5.13 Å². The van der Waals surface area contributed by atoms with Gasteiger partial charge in [0, 0.05) is 17.3 Å². The highest BCUT2D eigenvalue weighted by atomic mass is 32.1. The highest BCUT2D eigenvalue weighted by Gasteiger charge is 2.29. The Hall–Kier alpha value is -0.610. The first-order valence-corrected chi connectivity index (χ1v) is 5.93. The number of nitrogen functional groups attached to an aromatic ring is 1. The predicted octanol–water partition coefficient (Wildman–Crippen LogP) is 1.61. The Morgan fingerprint density at radius 2 is 2.43 bits per heavy atom. The minimum Gasteiger partial charge on any atom is -0.375 e. The molecule has 2 atom stereocenters. The number of aryl methyl sites for hydroxylation is 1. The Morgan fingerprint density at radius 3 is 3.14 bits per heavy atom. The first kappa shape index (κ1) is 9.93. The van der Waals surface area contributed by atoms with Gasteiger partial charge in [-0.2, -0.15) is 0 Å². The van der Waals surface area contributed by atoms with Gasteiger partial charge in [-0.15, -0.1) is 11.3 Å². The summed E-state index contributed by atoms with van der Waals surface area (Å²) >= 11 is 1.66. The van der Waals surface area contributed by atoms with Crippen LogP contribution in [0.3, 0.4) is 0 Å². The highest BCUT2D eigenvalue weighted by Crippen LogP contribution is 2.38. The van der Waals surface area contributed by atoms with Gasteiger partial charge in [-0.05, 0) is 25.8 Å². The third-order valence-electron chi connectivity index (χ3n) is 3.03. The largest absolute Gasteiger partial charge is 0.375 e. The van der Waals surface area contributed by atoms with E-state index in [-0.39, 0.29) is 0 Å². The molecular weight excluding hydrogens is 194 g/mol. The molecule has 1 aromatic rings. The molecule has 0 saturated carbocycles. The number of thiazole rings is 1. The fourth-order valence-electron chi connectivity index (χ4n) is 2.20. The average molecular weight is 211 g/mol. The number of fused-ring (bicyclic) bond motifs is 1. The molecule has 78 valence electrons. The van der Waals surface area contributed by atoms with E-state index in [1.807, 2.05) is 7.05 Å². The predicted molar refractivity (Wildman–Crippen MR) is 60.7 cm³/mol. The van der Waals surface area contributed by atoms with Gasteiger partial charge >= 0.3 is 0 Å². The fraction of sp³-hybridized carbons (Fsp3) is 0.700. The fourth-order valence-corrected chi connectivity index (χ4v) is 3.12. The smallest absolute Gasteiger partial charge is 0.180 e. The molecule has 3 N–H and O–H groups in total.